The lowest BCUT2D eigenvalue weighted by Gasteiger charge is -2.44. The largest absolute Gasteiger partial charge is 0.381 e. The maximum Gasteiger partial charge on any atom is 0.0469 e. The third-order valence-corrected chi connectivity index (χ3v) is 5.19. The first-order chi connectivity index (χ1) is 8.64. The Morgan fingerprint density at radius 1 is 1.17 bits per heavy atom. The van der Waals surface area contributed by atoms with Gasteiger partial charge in [-0.3, -0.25) is 4.90 Å². The van der Waals surface area contributed by atoms with E-state index in [-0.39, 0.29) is 5.54 Å². The third kappa shape index (κ3) is 3.46. The molecular formula is C15H30N2O. The van der Waals surface area contributed by atoms with E-state index in [1.54, 1.807) is 0 Å². The maximum atomic E-state index is 6.07. The zero-order valence-electron chi connectivity index (χ0n) is 12.2. The quantitative estimate of drug-likeness (QED) is 0.790. The number of likely N-dealkylation sites (N-methyl/N-ethyl adjacent to an activating group) is 1. The van der Waals surface area contributed by atoms with E-state index in [2.05, 4.69) is 18.9 Å². The van der Waals surface area contributed by atoms with Crippen molar-refractivity contribution in [2.75, 3.05) is 33.4 Å². The number of hydrogen-bond acceptors (Lipinski definition) is 3. The summed E-state index contributed by atoms with van der Waals surface area (Å²) < 4.78 is 5.44. The molecule has 0 aromatic rings. The molecule has 1 saturated carbocycles. The Balaban J connectivity index is 1.84. The molecule has 0 spiro atoms. The molecule has 1 unspecified atom stereocenters. The summed E-state index contributed by atoms with van der Waals surface area (Å²) >= 11 is 0. The van der Waals surface area contributed by atoms with Crippen molar-refractivity contribution in [1.82, 2.24) is 4.90 Å². The van der Waals surface area contributed by atoms with Gasteiger partial charge in [-0.15, -0.1) is 0 Å². The van der Waals surface area contributed by atoms with Gasteiger partial charge in [-0.2, -0.15) is 0 Å². The van der Waals surface area contributed by atoms with Crippen LogP contribution < -0.4 is 5.73 Å². The highest BCUT2D eigenvalue weighted by Gasteiger charge is 2.34. The lowest BCUT2D eigenvalue weighted by Crippen LogP contribution is -2.53. The molecule has 106 valence electrons. The van der Waals surface area contributed by atoms with Crippen molar-refractivity contribution in [3.05, 3.63) is 0 Å². The molecule has 0 aromatic heterocycles. The first kappa shape index (κ1) is 14.3. The fourth-order valence-corrected chi connectivity index (χ4v) is 3.25. The van der Waals surface area contributed by atoms with Crippen LogP contribution in [0.3, 0.4) is 0 Å². The van der Waals surface area contributed by atoms with E-state index < -0.39 is 0 Å². The molecule has 2 aliphatic rings. The fourth-order valence-electron chi connectivity index (χ4n) is 3.25. The molecule has 2 N–H and O–H groups in total. The van der Waals surface area contributed by atoms with Gasteiger partial charge < -0.3 is 10.5 Å². The standard InChI is InChI=1S/C15H30N2O/c1-15(12-16,10-13-4-3-5-13)17(2)11-14-6-8-18-9-7-14/h13-14H,3-12,16H2,1-2H3. The molecular weight excluding hydrogens is 224 g/mol. The molecule has 1 aliphatic carbocycles. The normalized spacial score (nSPS) is 26.0. The molecule has 2 fully saturated rings. The third-order valence-electron chi connectivity index (χ3n) is 5.19. The highest BCUT2D eigenvalue weighted by Crippen LogP contribution is 2.35. The summed E-state index contributed by atoms with van der Waals surface area (Å²) in [7, 11) is 2.26. The summed E-state index contributed by atoms with van der Waals surface area (Å²) in [5.41, 5.74) is 6.27. The molecule has 1 heterocycles. The lowest BCUT2D eigenvalue weighted by molar-refractivity contribution is 0.0279. The summed E-state index contributed by atoms with van der Waals surface area (Å²) in [4.78, 5) is 2.53. The average molecular weight is 254 g/mol. The van der Waals surface area contributed by atoms with Gasteiger partial charge in [-0.05, 0) is 45.1 Å². The summed E-state index contributed by atoms with van der Waals surface area (Å²) in [6.45, 7) is 6.21. The Kier molecular flexibility index (Phi) is 5.05. The van der Waals surface area contributed by atoms with Crippen LogP contribution in [0.15, 0.2) is 0 Å². The lowest BCUT2D eigenvalue weighted by atomic mass is 9.76. The van der Waals surface area contributed by atoms with E-state index >= 15 is 0 Å². The minimum absolute atomic E-state index is 0.198. The van der Waals surface area contributed by atoms with Crippen LogP contribution in [0.2, 0.25) is 0 Å². The summed E-state index contributed by atoms with van der Waals surface area (Å²) in [6, 6.07) is 0. The predicted molar refractivity (Wildman–Crippen MR) is 75.6 cm³/mol. The summed E-state index contributed by atoms with van der Waals surface area (Å²) in [5.74, 6) is 1.73. The maximum absolute atomic E-state index is 6.07. The zero-order valence-corrected chi connectivity index (χ0v) is 12.2. The molecule has 0 amide bonds. The number of nitrogens with two attached hydrogens (primary N) is 1. The van der Waals surface area contributed by atoms with Crippen LogP contribution in [0.1, 0.15) is 45.4 Å². The minimum Gasteiger partial charge on any atom is -0.381 e. The highest BCUT2D eigenvalue weighted by atomic mass is 16.5. The van der Waals surface area contributed by atoms with Crippen molar-refractivity contribution in [2.24, 2.45) is 17.6 Å². The van der Waals surface area contributed by atoms with Gasteiger partial charge in [0.15, 0.2) is 0 Å². The van der Waals surface area contributed by atoms with Gasteiger partial charge in [0, 0.05) is 31.8 Å². The molecule has 0 bridgehead atoms. The minimum atomic E-state index is 0.198. The van der Waals surface area contributed by atoms with E-state index in [1.807, 2.05) is 0 Å². The van der Waals surface area contributed by atoms with Crippen molar-refractivity contribution in [2.45, 2.75) is 51.0 Å². The number of ether oxygens (including phenoxy) is 1. The van der Waals surface area contributed by atoms with Gasteiger partial charge in [-0.1, -0.05) is 19.3 Å². The van der Waals surface area contributed by atoms with Crippen LogP contribution in [0.5, 0.6) is 0 Å². The van der Waals surface area contributed by atoms with E-state index in [9.17, 15) is 0 Å². The number of nitrogens with zero attached hydrogens (tertiary/aromatic N) is 1. The Bertz CT molecular complexity index is 249. The van der Waals surface area contributed by atoms with Crippen molar-refractivity contribution in [3.8, 4) is 0 Å². The second-order valence-corrected chi connectivity index (χ2v) is 6.64. The highest BCUT2D eigenvalue weighted by molar-refractivity contribution is 4.91. The SMILES string of the molecule is CN(CC1CCOCC1)C(C)(CN)CC1CCC1. The summed E-state index contributed by atoms with van der Waals surface area (Å²) in [6.07, 6.45) is 7.97. The molecule has 0 aromatic carbocycles. The second kappa shape index (κ2) is 6.36. The topological polar surface area (TPSA) is 38.5 Å². The molecule has 18 heavy (non-hydrogen) atoms. The number of rotatable bonds is 6. The Labute approximate surface area is 112 Å². The van der Waals surface area contributed by atoms with Crippen LogP contribution >= 0.6 is 0 Å². The first-order valence-corrected chi connectivity index (χ1v) is 7.63. The van der Waals surface area contributed by atoms with Gasteiger partial charge in [0.25, 0.3) is 0 Å². The Morgan fingerprint density at radius 3 is 2.33 bits per heavy atom. The molecule has 1 atom stereocenters. The fraction of sp³-hybridized carbons (Fsp3) is 1.00. The predicted octanol–water partition coefficient (Wildman–Crippen LogP) is 2.25. The van der Waals surface area contributed by atoms with Gasteiger partial charge in [0.1, 0.15) is 0 Å². The van der Waals surface area contributed by atoms with E-state index in [0.29, 0.717) is 0 Å². The van der Waals surface area contributed by atoms with Gasteiger partial charge in [-0.25, -0.2) is 0 Å². The van der Waals surface area contributed by atoms with Gasteiger partial charge in [0.05, 0.1) is 0 Å². The number of hydrogen-bond donors (Lipinski definition) is 1. The van der Waals surface area contributed by atoms with Crippen LogP contribution in [0, 0.1) is 11.8 Å². The van der Waals surface area contributed by atoms with Crippen molar-refractivity contribution in [3.63, 3.8) is 0 Å². The smallest absolute Gasteiger partial charge is 0.0469 e. The van der Waals surface area contributed by atoms with Gasteiger partial charge >= 0.3 is 0 Å². The van der Waals surface area contributed by atoms with Crippen LogP contribution in [-0.4, -0.2) is 43.8 Å². The van der Waals surface area contributed by atoms with Crippen molar-refractivity contribution < 1.29 is 4.74 Å². The molecule has 3 heteroatoms. The molecule has 3 nitrogen and oxygen atoms in total. The van der Waals surface area contributed by atoms with E-state index in [0.717, 1.165) is 31.6 Å². The Morgan fingerprint density at radius 2 is 1.83 bits per heavy atom. The second-order valence-electron chi connectivity index (χ2n) is 6.64. The first-order valence-electron chi connectivity index (χ1n) is 7.63. The van der Waals surface area contributed by atoms with Crippen molar-refractivity contribution >= 4 is 0 Å². The Hall–Kier alpha value is -0.120. The molecule has 1 saturated heterocycles. The van der Waals surface area contributed by atoms with E-state index in [1.165, 1.54) is 45.1 Å². The van der Waals surface area contributed by atoms with E-state index in [4.69, 9.17) is 10.5 Å². The summed E-state index contributed by atoms with van der Waals surface area (Å²) in [5, 5.41) is 0. The molecule has 0 radical (unpaired) electrons. The van der Waals surface area contributed by atoms with Gasteiger partial charge in [0.2, 0.25) is 0 Å². The van der Waals surface area contributed by atoms with Crippen LogP contribution in [0.4, 0.5) is 0 Å². The van der Waals surface area contributed by atoms with Crippen molar-refractivity contribution in [1.29, 1.82) is 0 Å². The zero-order chi connectivity index (χ0) is 13.0. The van der Waals surface area contributed by atoms with Crippen LogP contribution in [0.25, 0.3) is 0 Å². The average Bonchev–Trinajstić information content (AvgIpc) is 2.35. The molecule has 2 rings (SSSR count). The molecule has 1 aliphatic heterocycles. The van der Waals surface area contributed by atoms with Crippen LogP contribution in [-0.2, 0) is 4.74 Å². The monoisotopic (exact) mass is 254 g/mol.